The molecule has 0 saturated carbocycles. The highest BCUT2D eigenvalue weighted by Crippen LogP contribution is 2.40. The second kappa shape index (κ2) is 10.5. The fourth-order valence-corrected chi connectivity index (χ4v) is 4.01. The number of unbranched alkanes of at least 4 members (excludes halogenated alkanes) is 1. The molecule has 1 atom stereocenters. The molecule has 1 fully saturated rings. The van der Waals surface area contributed by atoms with Crippen molar-refractivity contribution >= 4 is 6.09 Å². The maximum absolute atomic E-state index is 13.6. The van der Waals surface area contributed by atoms with Crippen molar-refractivity contribution < 1.29 is 22.7 Å². The first-order chi connectivity index (χ1) is 14.1. The minimum Gasteiger partial charge on any atom is -0.450 e. The molecule has 0 aliphatic carbocycles. The summed E-state index contributed by atoms with van der Waals surface area (Å²) < 4.78 is 46.1. The van der Waals surface area contributed by atoms with Crippen LogP contribution in [0.2, 0.25) is 0 Å². The normalized spacial score (nSPS) is 18.3. The number of carbonyl (C=O) groups excluding carboxylic acids is 1. The van der Waals surface area contributed by atoms with Gasteiger partial charge in [-0.3, -0.25) is 4.90 Å². The lowest BCUT2D eigenvalue weighted by molar-refractivity contribution is -0.139. The Morgan fingerprint density at radius 1 is 1.23 bits per heavy atom. The van der Waals surface area contributed by atoms with Gasteiger partial charge in [0.2, 0.25) is 0 Å². The molecule has 1 N–H and O–H groups in total. The van der Waals surface area contributed by atoms with Crippen LogP contribution in [-0.2, 0) is 10.9 Å². The summed E-state index contributed by atoms with van der Waals surface area (Å²) in [5.74, 6) is 0.260. The molecule has 0 radical (unpaired) electrons. The van der Waals surface area contributed by atoms with Gasteiger partial charge in [-0.25, -0.2) is 4.79 Å². The number of amides is 1. The number of hydrogen-bond acceptors (Lipinski definition) is 3. The van der Waals surface area contributed by atoms with Crippen LogP contribution in [0.4, 0.5) is 18.0 Å². The lowest BCUT2D eigenvalue weighted by Gasteiger charge is -2.43. The summed E-state index contributed by atoms with van der Waals surface area (Å²) in [5, 5.41) is 2.96. The molecule has 7 heteroatoms. The van der Waals surface area contributed by atoms with Crippen molar-refractivity contribution in [2.45, 2.75) is 77.6 Å². The van der Waals surface area contributed by atoms with Crippen LogP contribution >= 0.6 is 0 Å². The Morgan fingerprint density at radius 3 is 2.43 bits per heavy atom. The molecule has 2 rings (SSSR count). The zero-order valence-electron chi connectivity index (χ0n) is 18.5. The van der Waals surface area contributed by atoms with Crippen molar-refractivity contribution in [3.8, 4) is 0 Å². The fourth-order valence-electron chi connectivity index (χ4n) is 4.01. The van der Waals surface area contributed by atoms with Crippen LogP contribution in [0.15, 0.2) is 24.3 Å². The Balaban J connectivity index is 2.11. The quantitative estimate of drug-likeness (QED) is 0.503. The van der Waals surface area contributed by atoms with Gasteiger partial charge >= 0.3 is 12.3 Å². The van der Waals surface area contributed by atoms with Crippen LogP contribution < -0.4 is 5.32 Å². The summed E-state index contributed by atoms with van der Waals surface area (Å²) in [6.45, 7) is 9.71. The zero-order valence-corrected chi connectivity index (χ0v) is 18.5. The number of halogens is 3. The highest BCUT2D eigenvalue weighted by molar-refractivity contribution is 5.68. The van der Waals surface area contributed by atoms with E-state index >= 15 is 0 Å². The smallest absolute Gasteiger partial charge is 0.416 e. The number of likely N-dealkylation sites (tertiary alicyclic amines) is 1. The number of alkyl halides is 3. The van der Waals surface area contributed by atoms with E-state index in [1.807, 2.05) is 27.7 Å². The largest absolute Gasteiger partial charge is 0.450 e. The van der Waals surface area contributed by atoms with Crippen LogP contribution in [-0.4, -0.2) is 36.2 Å². The van der Waals surface area contributed by atoms with E-state index in [1.54, 1.807) is 12.1 Å². The van der Waals surface area contributed by atoms with E-state index in [2.05, 4.69) is 10.2 Å². The lowest BCUT2D eigenvalue weighted by atomic mass is 9.86. The Kier molecular flexibility index (Phi) is 8.59. The standard InChI is InChI=1S/C23H35F3N2O2/c1-5-6-15-30-21(29)27-22(4)11-13-28(14-12-22)20(16-17(2)3)18-9-7-8-10-19(18)23(24,25)26/h7-10,17,20H,5-6,11-16H2,1-4H3,(H,27,29). The first-order valence-corrected chi connectivity index (χ1v) is 10.9. The Bertz CT molecular complexity index is 683. The number of alkyl carbamates (subject to hydrolysis) is 1. The number of rotatable bonds is 8. The van der Waals surface area contributed by atoms with Crippen molar-refractivity contribution in [3.05, 3.63) is 35.4 Å². The molecular weight excluding hydrogens is 393 g/mol. The molecule has 1 amide bonds. The number of ether oxygens (including phenoxy) is 1. The van der Waals surface area contributed by atoms with E-state index in [0.29, 0.717) is 44.5 Å². The van der Waals surface area contributed by atoms with Gasteiger partial charge < -0.3 is 10.1 Å². The number of benzene rings is 1. The monoisotopic (exact) mass is 428 g/mol. The third-order valence-electron chi connectivity index (χ3n) is 5.80. The summed E-state index contributed by atoms with van der Waals surface area (Å²) in [6.07, 6.45) is -1.03. The molecule has 170 valence electrons. The van der Waals surface area contributed by atoms with Gasteiger partial charge in [0, 0.05) is 24.7 Å². The maximum atomic E-state index is 13.6. The van der Waals surface area contributed by atoms with Crippen LogP contribution in [0.25, 0.3) is 0 Å². The number of hydrogen-bond donors (Lipinski definition) is 1. The first kappa shape index (κ1) is 24.5. The van der Waals surface area contributed by atoms with Crippen molar-refractivity contribution in [3.63, 3.8) is 0 Å². The highest BCUT2D eigenvalue weighted by Gasteiger charge is 2.39. The maximum Gasteiger partial charge on any atom is 0.416 e. The predicted molar refractivity (Wildman–Crippen MR) is 112 cm³/mol. The van der Waals surface area contributed by atoms with Gasteiger partial charge in [-0.05, 0) is 50.2 Å². The Hall–Kier alpha value is -1.76. The van der Waals surface area contributed by atoms with Crippen LogP contribution in [0.1, 0.15) is 77.0 Å². The Morgan fingerprint density at radius 2 is 1.87 bits per heavy atom. The number of nitrogens with zero attached hydrogens (tertiary/aromatic N) is 1. The molecule has 0 spiro atoms. The third-order valence-corrected chi connectivity index (χ3v) is 5.80. The first-order valence-electron chi connectivity index (χ1n) is 10.9. The number of nitrogens with one attached hydrogen (secondary N) is 1. The molecular formula is C23H35F3N2O2. The van der Waals surface area contributed by atoms with Gasteiger partial charge in [-0.2, -0.15) is 13.2 Å². The van der Waals surface area contributed by atoms with E-state index in [4.69, 9.17) is 4.74 Å². The number of carbonyl (C=O) groups is 1. The van der Waals surface area contributed by atoms with Gasteiger partial charge in [0.05, 0.1) is 12.2 Å². The second-order valence-electron chi connectivity index (χ2n) is 8.94. The molecule has 0 aromatic heterocycles. The molecule has 1 saturated heterocycles. The molecule has 1 aromatic carbocycles. The van der Waals surface area contributed by atoms with Crippen molar-refractivity contribution in [2.24, 2.45) is 5.92 Å². The molecule has 1 aliphatic rings. The summed E-state index contributed by atoms with van der Waals surface area (Å²) in [7, 11) is 0. The average molecular weight is 429 g/mol. The predicted octanol–water partition coefficient (Wildman–Crippen LogP) is 6.17. The summed E-state index contributed by atoms with van der Waals surface area (Å²) in [4.78, 5) is 14.2. The summed E-state index contributed by atoms with van der Waals surface area (Å²) >= 11 is 0. The van der Waals surface area contributed by atoms with E-state index in [1.165, 1.54) is 12.1 Å². The van der Waals surface area contributed by atoms with Crippen LogP contribution in [0, 0.1) is 5.92 Å². The minimum atomic E-state index is -4.38. The number of piperidine rings is 1. The van der Waals surface area contributed by atoms with Crippen molar-refractivity contribution in [2.75, 3.05) is 19.7 Å². The van der Waals surface area contributed by atoms with E-state index in [0.717, 1.165) is 12.8 Å². The molecule has 30 heavy (non-hydrogen) atoms. The molecule has 1 aromatic rings. The Labute approximate surface area is 178 Å². The van der Waals surface area contributed by atoms with Crippen molar-refractivity contribution in [1.29, 1.82) is 0 Å². The molecule has 0 bridgehead atoms. The second-order valence-corrected chi connectivity index (χ2v) is 8.94. The van der Waals surface area contributed by atoms with Gasteiger partial charge in [0.15, 0.2) is 0 Å². The zero-order chi connectivity index (χ0) is 22.4. The van der Waals surface area contributed by atoms with Gasteiger partial charge in [-0.1, -0.05) is 45.4 Å². The van der Waals surface area contributed by atoms with Gasteiger partial charge in [-0.15, -0.1) is 0 Å². The molecule has 1 unspecified atom stereocenters. The molecule has 1 heterocycles. The third kappa shape index (κ3) is 6.89. The lowest BCUT2D eigenvalue weighted by Crippen LogP contribution is -2.54. The molecule has 1 aliphatic heterocycles. The van der Waals surface area contributed by atoms with E-state index in [-0.39, 0.29) is 12.0 Å². The fraction of sp³-hybridized carbons (Fsp3) is 0.696. The van der Waals surface area contributed by atoms with E-state index in [9.17, 15) is 18.0 Å². The minimum absolute atomic E-state index is 0.260. The highest BCUT2D eigenvalue weighted by atomic mass is 19.4. The summed E-state index contributed by atoms with van der Waals surface area (Å²) in [5.41, 5.74) is -0.623. The van der Waals surface area contributed by atoms with Gasteiger partial charge in [0.25, 0.3) is 0 Å². The topological polar surface area (TPSA) is 41.6 Å². The molecule has 4 nitrogen and oxygen atoms in total. The van der Waals surface area contributed by atoms with E-state index < -0.39 is 23.4 Å². The van der Waals surface area contributed by atoms with Gasteiger partial charge in [0.1, 0.15) is 0 Å². The van der Waals surface area contributed by atoms with Crippen molar-refractivity contribution in [1.82, 2.24) is 10.2 Å². The SMILES string of the molecule is CCCCOC(=O)NC1(C)CCN(C(CC(C)C)c2ccccc2C(F)(F)F)CC1. The van der Waals surface area contributed by atoms with Crippen LogP contribution in [0.3, 0.4) is 0 Å². The average Bonchev–Trinajstić information content (AvgIpc) is 2.66. The van der Waals surface area contributed by atoms with Crippen LogP contribution in [0.5, 0.6) is 0 Å². The summed E-state index contributed by atoms with van der Waals surface area (Å²) in [6, 6.07) is 5.60.